The molecule has 1 unspecified atom stereocenters. The minimum Gasteiger partial charge on any atom is -0.342 e. The van der Waals surface area contributed by atoms with Gasteiger partial charge in [-0.2, -0.15) is 0 Å². The van der Waals surface area contributed by atoms with E-state index in [0.29, 0.717) is 12.5 Å². The van der Waals surface area contributed by atoms with E-state index in [2.05, 4.69) is 32.6 Å². The van der Waals surface area contributed by atoms with E-state index in [9.17, 15) is 4.79 Å². The molecule has 0 spiro atoms. The molecule has 0 aliphatic rings. The zero-order chi connectivity index (χ0) is 14.8. The third-order valence-corrected chi connectivity index (χ3v) is 3.45. The molecule has 114 valence electrons. The van der Waals surface area contributed by atoms with Gasteiger partial charge in [-0.15, -0.1) is 0 Å². The third kappa shape index (κ3) is 8.22. The molecule has 0 saturated heterocycles. The Labute approximate surface area is 119 Å². The Kier molecular flexibility index (Phi) is 9.88. The predicted octanol–water partition coefficient (Wildman–Crippen LogP) is 1.94. The van der Waals surface area contributed by atoms with Crippen molar-refractivity contribution in [2.75, 3.05) is 33.2 Å². The number of rotatable bonds is 10. The van der Waals surface area contributed by atoms with Crippen LogP contribution in [0.2, 0.25) is 0 Å². The highest BCUT2D eigenvalue weighted by Gasteiger charge is 2.15. The number of carbonyl (C=O) groups is 1. The molecule has 0 rings (SSSR count). The van der Waals surface area contributed by atoms with E-state index < -0.39 is 0 Å². The Bertz CT molecular complexity index is 238. The van der Waals surface area contributed by atoms with E-state index in [1.807, 2.05) is 11.9 Å². The first-order valence-electron chi connectivity index (χ1n) is 7.64. The SMILES string of the molecule is CCCN(CCC)C(=O)CN(C)CCC(N)C(C)C. The molecule has 19 heavy (non-hydrogen) atoms. The van der Waals surface area contributed by atoms with Crippen LogP contribution < -0.4 is 5.73 Å². The molecule has 1 amide bonds. The van der Waals surface area contributed by atoms with Crippen molar-refractivity contribution in [1.29, 1.82) is 0 Å². The average molecular weight is 271 g/mol. The molecule has 1 atom stereocenters. The monoisotopic (exact) mass is 271 g/mol. The van der Waals surface area contributed by atoms with Gasteiger partial charge < -0.3 is 10.6 Å². The number of hydrogen-bond donors (Lipinski definition) is 1. The second-order valence-electron chi connectivity index (χ2n) is 5.82. The zero-order valence-corrected chi connectivity index (χ0v) is 13.5. The van der Waals surface area contributed by atoms with Crippen molar-refractivity contribution in [1.82, 2.24) is 9.80 Å². The molecule has 0 aliphatic carbocycles. The van der Waals surface area contributed by atoms with E-state index in [1.165, 1.54) is 0 Å². The Balaban J connectivity index is 4.08. The van der Waals surface area contributed by atoms with Crippen LogP contribution in [0.15, 0.2) is 0 Å². The number of amides is 1. The maximum Gasteiger partial charge on any atom is 0.236 e. The summed E-state index contributed by atoms with van der Waals surface area (Å²) in [5.74, 6) is 0.741. The summed E-state index contributed by atoms with van der Waals surface area (Å²) in [7, 11) is 2.00. The first-order valence-corrected chi connectivity index (χ1v) is 7.64. The van der Waals surface area contributed by atoms with Crippen molar-refractivity contribution in [3.05, 3.63) is 0 Å². The van der Waals surface area contributed by atoms with Gasteiger partial charge in [-0.25, -0.2) is 0 Å². The fourth-order valence-electron chi connectivity index (χ4n) is 2.01. The lowest BCUT2D eigenvalue weighted by atomic mass is 10.0. The molecule has 0 aromatic rings. The van der Waals surface area contributed by atoms with E-state index in [1.54, 1.807) is 0 Å². The average Bonchev–Trinajstić information content (AvgIpc) is 2.35. The van der Waals surface area contributed by atoms with Gasteiger partial charge in [0.05, 0.1) is 6.54 Å². The highest BCUT2D eigenvalue weighted by Crippen LogP contribution is 2.04. The maximum atomic E-state index is 12.2. The van der Waals surface area contributed by atoms with Gasteiger partial charge in [0.1, 0.15) is 0 Å². The van der Waals surface area contributed by atoms with Gasteiger partial charge in [0.15, 0.2) is 0 Å². The van der Waals surface area contributed by atoms with Gasteiger partial charge in [-0.05, 0) is 38.8 Å². The van der Waals surface area contributed by atoms with E-state index in [4.69, 9.17) is 5.73 Å². The Hall–Kier alpha value is -0.610. The predicted molar refractivity (Wildman–Crippen MR) is 82.1 cm³/mol. The second kappa shape index (κ2) is 10.2. The summed E-state index contributed by atoms with van der Waals surface area (Å²) in [5.41, 5.74) is 6.03. The lowest BCUT2D eigenvalue weighted by Gasteiger charge is -2.26. The molecule has 0 radical (unpaired) electrons. The van der Waals surface area contributed by atoms with Gasteiger partial charge in [0.25, 0.3) is 0 Å². The van der Waals surface area contributed by atoms with Crippen molar-refractivity contribution in [3.63, 3.8) is 0 Å². The minimum atomic E-state index is 0.222. The van der Waals surface area contributed by atoms with Crippen molar-refractivity contribution in [2.24, 2.45) is 11.7 Å². The summed E-state index contributed by atoms with van der Waals surface area (Å²) < 4.78 is 0. The Morgan fingerprint density at radius 1 is 1.11 bits per heavy atom. The first-order chi connectivity index (χ1) is 8.92. The second-order valence-corrected chi connectivity index (χ2v) is 5.82. The molecule has 0 aromatic carbocycles. The topological polar surface area (TPSA) is 49.6 Å². The molecule has 2 N–H and O–H groups in total. The Morgan fingerprint density at radius 2 is 1.63 bits per heavy atom. The molecule has 0 aliphatic heterocycles. The molecule has 0 bridgehead atoms. The Morgan fingerprint density at radius 3 is 2.05 bits per heavy atom. The fourth-order valence-corrected chi connectivity index (χ4v) is 2.01. The number of nitrogens with two attached hydrogens (primary N) is 1. The van der Waals surface area contributed by atoms with Crippen LogP contribution in [0.4, 0.5) is 0 Å². The largest absolute Gasteiger partial charge is 0.342 e. The van der Waals surface area contributed by atoms with Gasteiger partial charge in [-0.1, -0.05) is 27.7 Å². The van der Waals surface area contributed by atoms with Crippen molar-refractivity contribution in [2.45, 2.75) is 53.0 Å². The zero-order valence-electron chi connectivity index (χ0n) is 13.5. The van der Waals surface area contributed by atoms with Crippen LogP contribution in [0, 0.1) is 5.92 Å². The summed E-state index contributed by atoms with van der Waals surface area (Å²) in [6, 6.07) is 0.222. The minimum absolute atomic E-state index is 0.222. The summed E-state index contributed by atoms with van der Waals surface area (Å²) >= 11 is 0. The molecule has 4 nitrogen and oxygen atoms in total. The first kappa shape index (κ1) is 18.4. The summed E-state index contributed by atoms with van der Waals surface area (Å²) in [6.45, 7) is 11.6. The highest BCUT2D eigenvalue weighted by atomic mass is 16.2. The van der Waals surface area contributed by atoms with Crippen molar-refractivity contribution < 1.29 is 4.79 Å². The number of nitrogens with zero attached hydrogens (tertiary/aromatic N) is 2. The number of carbonyl (C=O) groups excluding carboxylic acids is 1. The normalized spacial score (nSPS) is 13.1. The van der Waals surface area contributed by atoms with E-state index in [-0.39, 0.29) is 11.9 Å². The van der Waals surface area contributed by atoms with Crippen LogP contribution in [0.1, 0.15) is 47.0 Å². The molecule has 0 heterocycles. The van der Waals surface area contributed by atoms with Gasteiger partial charge in [0, 0.05) is 19.1 Å². The number of likely N-dealkylation sites (N-methyl/N-ethyl adjacent to an activating group) is 1. The maximum absolute atomic E-state index is 12.2. The van der Waals surface area contributed by atoms with Crippen LogP contribution in [0.25, 0.3) is 0 Å². The molecular formula is C15H33N3O. The van der Waals surface area contributed by atoms with Crippen LogP contribution in [-0.4, -0.2) is 55.0 Å². The van der Waals surface area contributed by atoms with Gasteiger partial charge >= 0.3 is 0 Å². The third-order valence-electron chi connectivity index (χ3n) is 3.45. The standard InChI is InChI=1S/C15H33N3O/c1-6-9-18(10-7-2)15(19)12-17(5)11-8-14(16)13(3)4/h13-14H,6-12,16H2,1-5H3. The quantitative estimate of drug-likeness (QED) is 0.660. The van der Waals surface area contributed by atoms with Crippen LogP contribution >= 0.6 is 0 Å². The summed E-state index contributed by atoms with van der Waals surface area (Å²) in [5, 5.41) is 0. The smallest absolute Gasteiger partial charge is 0.236 e. The van der Waals surface area contributed by atoms with Crippen molar-refractivity contribution in [3.8, 4) is 0 Å². The van der Waals surface area contributed by atoms with Crippen LogP contribution in [0.3, 0.4) is 0 Å². The highest BCUT2D eigenvalue weighted by molar-refractivity contribution is 5.78. The number of hydrogen-bond acceptors (Lipinski definition) is 3. The fraction of sp³-hybridized carbons (Fsp3) is 0.933. The van der Waals surface area contributed by atoms with Gasteiger partial charge in [0.2, 0.25) is 5.91 Å². The van der Waals surface area contributed by atoms with Crippen LogP contribution in [0.5, 0.6) is 0 Å². The summed E-state index contributed by atoms with van der Waals surface area (Å²) in [6.07, 6.45) is 2.99. The molecule has 4 heteroatoms. The van der Waals surface area contributed by atoms with Gasteiger partial charge in [-0.3, -0.25) is 9.69 Å². The summed E-state index contributed by atoms with van der Waals surface area (Å²) in [4.78, 5) is 16.2. The van der Waals surface area contributed by atoms with E-state index >= 15 is 0 Å². The van der Waals surface area contributed by atoms with E-state index in [0.717, 1.165) is 38.9 Å². The molecular weight excluding hydrogens is 238 g/mol. The molecule has 0 aromatic heterocycles. The molecule has 0 saturated carbocycles. The van der Waals surface area contributed by atoms with Crippen LogP contribution in [-0.2, 0) is 4.79 Å². The molecule has 0 fully saturated rings. The lowest BCUT2D eigenvalue weighted by molar-refractivity contribution is -0.132. The van der Waals surface area contributed by atoms with Crippen molar-refractivity contribution >= 4 is 5.91 Å². The lowest BCUT2D eigenvalue weighted by Crippen LogP contribution is -2.41.